The summed E-state index contributed by atoms with van der Waals surface area (Å²) in [5, 5.41) is 9.94. The van der Waals surface area contributed by atoms with Gasteiger partial charge in [0, 0.05) is 0 Å². The number of halogens is 3. The van der Waals surface area contributed by atoms with Gasteiger partial charge in [-0.15, -0.1) is 0 Å². The van der Waals surface area contributed by atoms with Crippen LogP contribution in [0.2, 0.25) is 0 Å². The first-order valence-electron chi connectivity index (χ1n) is 3.95. The van der Waals surface area contributed by atoms with Gasteiger partial charge in [0.25, 0.3) is 0 Å². The topological polar surface area (TPSA) is 46.5 Å². The van der Waals surface area contributed by atoms with Crippen molar-refractivity contribution in [2.75, 3.05) is 0 Å². The lowest BCUT2D eigenvalue weighted by Crippen LogP contribution is -1.96. The minimum absolute atomic E-state index is 0.407. The van der Waals surface area contributed by atoms with E-state index in [1.807, 2.05) is 0 Å². The fourth-order valence-electron chi connectivity index (χ4n) is 1.13. The van der Waals surface area contributed by atoms with Crippen molar-refractivity contribution >= 4 is 47.8 Å². The van der Waals surface area contributed by atoms with Gasteiger partial charge in [0.15, 0.2) is 16.5 Å². The maximum absolute atomic E-state index is 9.94. The Morgan fingerprint density at radius 2 is 1.93 bits per heavy atom. The summed E-state index contributed by atoms with van der Waals surface area (Å²) in [7, 11) is 0. The van der Waals surface area contributed by atoms with Gasteiger partial charge in [-0.2, -0.15) is 0 Å². The second-order valence-electron chi connectivity index (χ2n) is 2.81. The van der Waals surface area contributed by atoms with Gasteiger partial charge in [-0.05, 0) is 59.9 Å². The van der Waals surface area contributed by atoms with Crippen molar-refractivity contribution in [3.05, 3.63) is 43.5 Å². The monoisotopic (exact) mass is 398 g/mol. The van der Waals surface area contributed by atoms with E-state index in [0.717, 1.165) is 4.47 Å². The molecule has 0 aromatic carbocycles. The summed E-state index contributed by atoms with van der Waals surface area (Å²) >= 11 is 9.74. The van der Waals surface area contributed by atoms with E-state index in [1.165, 1.54) is 6.26 Å². The molecular weight excluding hydrogens is 396 g/mol. The van der Waals surface area contributed by atoms with Crippen LogP contribution >= 0.6 is 47.8 Å². The molecule has 0 fully saturated rings. The first-order chi connectivity index (χ1) is 7.09. The Morgan fingerprint density at radius 3 is 2.40 bits per heavy atom. The average molecular weight is 401 g/mol. The molecule has 0 radical (unpaired) electrons. The second kappa shape index (κ2) is 4.45. The molecule has 2 aromatic heterocycles. The predicted molar refractivity (Wildman–Crippen MR) is 64.6 cm³/mol. The van der Waals surface area contributed by atoms with Crippen LogP contribution in [0.25, 0.3) is 0 Å². The normalized spacial score (nSPS) is 13.1. The lowest BCUT2D eigenvalue weighted by atomic mass is 10.2. The third-order valence-corrected chi connectivity index (χ3v) is 4.19. The number of rotatable bonds is 2. The summed E-state index contributed by atoms with van der Waals surface area (Å²) in [6.07, 6.45) is 0.576. The highest BCUT2D eigenvalue weighted by molar-refractivity contribution is 9.13. The minimum atomic E-state index is -0.919. The molecule has 1 N–H and O–H groups in total. The van der Waals surface area contributed by atoms with Crippen LogP contribution in [0.15, 0.2) is 40.8 Å². The van der Waals surface area contributed by atoms with E-state index < -0.39 is 6.10 Å². The molecule has 0 bridgehead atoms. The first-order valence-corrected chi connectivity index (χ1v) is 6.33. The highest BCUT2D eigenvalue weighted by Crippen LogP contribution is 2.35. The lowest BCUT2D eigenvalue weighted by Gasteiger charge is -2.04. The third kappa shape index (κ3) is 2.22. The Kier molecular flexibility index (Phi) is 3.39. The van der Waals surface area contributed by atoms with E-state index in [2.05, 4.69) is 47.8 Å². The summed E-state index contributed by atoms with van der Waals surface area (Å²) in [6, 6.07) is 3.40. The molecule has 15 heavy (non-hydrogen) atoms. The lowest BCUT2D eigenvalue weighted by molar-refractivity contribution is 0.160. The van der Waals surface area contributed by atoms with Gasteiger partial charge in [-0.1, -0.05) is 0 Å². The van der Waals surface area contributed by atoms with Crippen LogP contribution in [0.1, 0.15) is 17.6 Å². The van der Waals surface area contributed by atoms with Crippen LogP contribution in [0.4, 0.5) is 0 Å². The molecule has 0 saturated carbocycles. The van der Waals surface area contributed by atoms with E-state index in [4.69, 9.17) is 8.83 Å². The maximum atomic E-state index is 9.94. The molecule has 0 aliphatic heterocycles. The van der Waals surface area contributed by atoms with E-state index >= 15 is 0 Å². The van der Waals surface area contributed by atoms with Crippen molar-refractivity contribution in [3.63, 3.8) is 0 Å². The van der Waals surface area contributed by atoms with Gasteiger partial charge in [0.1, 0.15) is 5.76 Å². The molecule has 0 aliphatic carbocycles. The molecule has 1 atom stereocenters. The van der Waals surface area contributed by atoms with Crippen molar-refractivity contribution in [3.8, 4) is 0 Å². The highest BCUT2D eigenvalue weighted by Gasteiger charge is 2.21. The van der Waals surface area contributed by atoms with Gasteiger partial charge in [0.2, 0.25) is 0 Å². The quantitative estimate of drug-likeness (QED) is 0.820. The smallest absolute Gasteiger partial charge is 0.183 e. The zero-order chi connectivity index (χ0) is 11.0. The SMILES string of the molecule is OC(c1cc(Br)c(Br)o1)c1occc1Br. The molecular formula is C9H5Br3O3. The first kappa shape index (κ1) is 11.4. The zero-order valence-corrected chi connectivity index (χ0v) is 12.0. The summed E-state index contributed by atoms with van der Waals surface area (Å²) in [5.74, 6) is 0.827. The molecule has 2 heterocycles. The van der Waals surface area contributed by atoms with E-state index in [0.29, 0.717) is 20.7 Å². The van der Waals surface area contributed by atoms with Crippen molar-refractivity contribution < 1.29 is 13.9 Å². The Balaban J connectivity index is 2.36. The summed E-state index contributed by atoms with van der Waals surface area (Å²) < 4.78 is 12.4. The zero-order valence-electron chi connectivity index (χ0n) is 7.21. The van der Waals surface area contributed by atoms with Crippen LogP contribution in [-0.4, -0.2) is 5.11 Å². The predicted octanol–water partition coefficient (Wildman–Crippen LogP) is 4.24. The second-order valence-corrected chi connectivity index (χ2v) is 5.23. The summed E-state index contributed by atoms with van der Waals surface area (Å²) in [5.41, 5.74) is 0. The van der Waals surface area contributed by atoms with Crippen LogP contribution in [0.3, 0.4) is 0 Å². The van der Waals surface area contributed by atoms with E-state index in [1.54, 1.807) is 12.1 Å². The fourth-order valence-corrected chi connectivity index (χ4v) is 2.15. The Morgan fingerprint density at radius 1 is 1.20 bits per heavy atom. The van der Waals surface area contributed by atoms with Crippen LogP contribution in [-0.2, 0) is 0 Å². The van der Waals surface area contributed by atoms with Crippen molar-refractivity contribution in [1.29, 1.82) is 0 Å². The fraction of sp³-hybridized carbons (Fsp3) is 0.111. The Hall–Kier alpha value is -0.0400. The molecule has 0 saturated heterocycles. The van der Waals surface area contributed by atoms with Crippen molar-refractivity contribution in [2.45, 2.75) is 6.10 Å². The highest BCUT2D eigenvalue weighted by atomic mass is 79.9. The maximum Gasteiger partial charge on any atom is 0.183 e. The molecule has 0 aliphatic rings. The van der Waals surface area contributed by atoms with Crippen LogP contribution in [0.5, 0.6) is 0 Å². The number of hydrogen-bond donors (Lipinski definition) is 1. The number of aliphatic hydroxyl groups is 1. The number of hydrogen-bond acceptors (Lipinski definition) is 3. The van der Waals surface area contributed by atoms with E-state index in [9.17, 15) is 5.11 Å². The molecule has 3 nitrogen and oxygen atoms in total. The van der Waals surface area contributed by atoms with Crippen molar-refractivity contribution in [2.24, 2.45) is 0 Å². The minimum Gasteiger partial charge on any atom is -0.465 e. The van der Waals surface area contributed by atoms with Gasteiger partial charge in [-0.3, -0.25) is 0 Å². The van der Waals surface area contributed by atoms with E-state index in [-0.39, 0.29) is 0 Å². The summed E-state index contributed by atoms with van der Waals surface area (Å²) in [4.78, 5) is 0. The van der Waals surface area contributed by atoms with Gasteiger partial charge in [0.05, 0.1) is 15.2 Å². The van der Waals surface area contributed by atoms with Crippen LogP contribution in [0, 0.1) is 0 Å². The Labute approximate surface area is 111 Å². The van der Waals surface area contributed by atoms with Crippen LogP contribution < -0.4 is 0 Å². The Bertz CT molecular complexity index is 455. The molecule has 2 rings (SSSR count). The standard InChI is InChI=1S/C9H5Br3O3/c10-4-1-2-14-8(4)7(13)6-3-5(11)9(12)15-6/h1-3,7,13H. The molecule has 6 heteroatoms. The number of furan rings is 2. The third-order valence-electron chi connectivity index (χ3n) is 1.83. The van der Waals surface area contributed by atoms with Gasteiger partial charge < -0.3 is 13.9 Å². The molecule has 80 valence electrons. The van der Waals surface area contributed by atoms with Gasteiger partial charge in [-0.25, -0.2) is 0 Å². The molecule has 0 spiro atoms. The molecule has 2 aromatic rings. The average Bonchev–Trinajstić information content (AvgIpc) is 2.74. The molecule has 0 amide bonds. The molecule has 1 unspecified atom stereocenters. The number of aliphatic hydroxyl groups excluding tert-OH is 1. The summed E-state index contributed by atoms with van der Waals surface area (Å²) in [6.45, 7) is 0. The largest absolute Gasteiger partial charge is 0.465 e. The van der Waals surface area contributed by atoms with Crippen molar-refractivity contribution in [1.82, 2.24) is 0 Å². The van der Waals surface area contributed by atoms with Gasteiger partial charge >= 0.3 is 0 Å².